The van der Waals surface area contributed by atoms with E-state index < -0.39 is 7.26 Å². The highest BCUT2D eigenvalue weighted by Gasteiger charge is 2.44. The highest BCUT2D eigenvalue weighted by Crippen LogP contribution is 2.55. The summed E-state index contributed by atoms with van der Waals surface area (Å²) >= 11 is 0. The van der Waals surface area contributed by atoms with Crippen LogP contribution in [0.1, 0.15) is 26.7 Å². The van der Waals surface area contributed by atoms with E-state index in [0.717, 1.165) is 12.6 Å². The summed E-state index contributed by atoms with van der Waals surface area (Å²) < 4.78 is 5.36. The highest BCUT2D eigenvalue weighted by molar-refractivity contribution is 7.95. The minimum Gasteiger partial charge on any atom is -1.00 e. The minimum absolute atomic E-state index is 0. The normalized spacial score (nSPS) is 11.0. The predicted molar refractivity (Wildman–Crippen MR) is 120 cm³/mol. The van der Waals surface area contributed by atoms with Gasteiger partial charge in [-0.15, -0.1) is 0 Å². The molecule has 0 saturated heterocycles. The van der Waals surface area contributed by atoms with Crippen LogP contribution in [0, 0.1) is 0 Å². The first-order valence-electron chi connectivity index (χ1n) is 9.87. The largest absolute Gasteiger partial charge is 1.00 e. The Labute approximate surface area is 185 Å². The van der Waals surface area contributed by atoms with Crippen molar-refractivity contribution in [1.29, 1.82) is 0 Å². The molecule has 29 heavy (non-hydrogen) atoms. The number of carbonyl (C=O) groups is 1. The minimum atomic E-state index is -1.85. The van der Waals surface area contributed by atoms with Gasteiger partial charge in [0.1, 0.15) is 23.2 Å². The second-order valence-corrected chi connectivity index (χ2v) is 10.8. The molecule has 0 atom stereocenters. The van der Waals surface area contributed by atoms with Crippen molar-refractivity contribution in [1.82, 2.24) is 0 Å². The summed E-state index contributed by atoms with van der Waals surface area (Å²) in [7, 11) is -1.85. The third-order valence-electron chi connectivity index (χ3n) is 4.83. The predicted octanol–water partition coefficient (Wildman–Crippen LogP) is 1.72. The zero-order valence-electron chi connectivity index (χ0n) is 17.0. The van der Waals surface area contributed by atoms with Crippen LogP contribution >= 0.6 is 7.26 Å². The Balaban J connectivity index is 0.00000300. The van der Waals surface area contributed by atoms with Crippen molar-refractivity contribution >= 4 is 29.1 Å². The van der Waals surface area contributed by atoms with Crippen LogP contribution in [0.2, 0.25) is 0 Å². The van der Waals surface area contributed by atoms with Gasteiger partial charge >= 0.3 is 5.97 Å². The van der Waals surface area contributed by atoms with Crippen molar-refractivity contribution in [2.24, 2.45) is 0 Å². The number of rotatable bonds is 8. The molecule has 3 aromatic rings. The van der Waals surface area contributed by atoms with Crippen molar-refractivity contribution in [3.8, 4) is 0 Å². The van der Waals surface area contributed by atoms with Gasteiger partial charge in [0.2, 0.25) is 0 Å². The van der Waals surface area contributed by atoms with E-state index in [1.807, 2.05) is 13.8 Å². The van der Waals surface area contributed by atoms with E-state index >= 15 is 0 Å². The smallest absolute Gasteiger partial charge is 0.306 e. The van der Waals surface area contributed by atoms with E-state index in [-0.39, 0.29) is 29.1 Å². The Bertz CT molecular complexity index is 770. The molecular weight excluding hydrogens is 443 g/mol. The van der Waals surface area contributed by atoms with Gasteiger partial charge in [-0.1, -0.05) is 54.6 Å². The first-order chi connectivity index (χ1) is 13.6. The summed E-state index contributed by atoms with van der Waals surface area (Å²) in [5, 5.41) is 4.05. The van der Waals surface area contributed by atoms with Crippen LogP contribution in [0.3, 0.4) is 0 Å². The van der Waals surface area contributed by atoms with Crippen molar-refractivity contribution in [2.75, 3.05) is 6.16 Å². The molecule has 4 heteroatoms. The van der Waals surface area contributed by atoms with Crippen LogP contribution in [0.4, 0.5) is 0 Å². The molecule has 0 aromatic heterocycles. The number of ether oxygens (including phenoxy) is 1. The number of benzene rings is 3. The third kappa shape index (κ3) is 5.78. The van der Waals surface area contributed by atoms with Gasteiger partial charge in [-0.05, 0) is 56.7 Å². The Morgan fingerprint density at radius 2 is 1.14 bits per heavy atom. The van der Waals surface area contributed by atoms with Gasteiger partial charge in [-0.25, -0.2) is 0 Å². The standard InChI is InChI=1S/C25H28O2P.BrH/c1-21(2)27-25(26)19-12-20-28(22-13-6-3-7-14-22,23-15-8-4-9-16-23)24-17-10-5-11-18-24;/h3-11,13-18,21H,12,19-20H2,1-2H3;1H/q+1;/p-1. The molecule has 0 N–H and O–H groups in total. The van der Waals surface area contributed by atoms with Crippen LogP contribution in [0.25, 0.3) is 0 Å². The molecule has 0 bridgehead atoms. The lowest BCUT2D eigenvalue weighted by atomic mass is 10.3. The second-order valence-electron chi connectivity index (χ2n) is 7.18. The SMILES string of the molecule is CC(C)OC(=O)CCC[P+](c1ccccc1)(c1ccccc1)c1ccccc1.[Br-]. The number of esters is 1. The fourth-order valence-corrected chi connectivity index (χ4v) is 8.01. The average Bonchev–Trinajstić information content (AvgIpc) is 2.73. The lowest BCUT2D eigenvalue weighted by Crippen LogP contribution is -3.00. The van der Waals surface area contributed by atoms with Gasteiger partial charge in [0.05, 0.1) is 12.3 Å². The molecule has 0 fully saturated rings. The molecule has 3 rings (SSSR count). The van der Waals surface area contributed by atoms with Gasteiger partial charge in [0, 0.05) is 6.42 Å². The maximum absolute atomic E-state index is 12.1. The van der Waals surface area contributed by atoms with E-state index in [2.05, 4.69) is 91.0 Å². The van der Waals surface area contributed by atoms with E-state index in [1.54, 1.807) is 0 Å². The summed E-state index contributed by atoms with van der Waals surface area (Å²) in [5.74, 6) is -0.109. The quantitative estimate of drug-likeness (QED) is 0.370. The molecule has 0 amide bonds. The summed E-state index contributed by atoms with van der Waals surface area (Å²) in [4.78, 5) is 12.1. The van der Waals surface area contributed by atoms with Crippen molar-refractivity contribution in [3.63, 3.8) is 0 Å². The Morgan fingerprint density at radius 3 is 1.48 bits per heavy atom. The lowest BCUT2D eigenvalue weighted by Gasteiger charge is -2.27. The van der Waals surface area contributed by atoms with Gasteiger partial charge in [0.25, 0.3) is 0 Å². The fourth-order valence-electron chi connectivity index (χ4n) is 3.66. The number of halogens is 1. The van der Waals surface area contributed by atoms with Gasteiger partial charge in [0.15, 0.2) is 0 Å². The molecular formula is C25H28BrO2P. The van der Waals surface area contributed by atoms with Crippen molar-refractivity contribution in [3.05, 3.63) is 91.0 Å². The van der Waals surface area contributed by atoms with Crippen molar-refractivity contribution in [2.45, 2.75) is 32.8 Å². The molecule has 0 radical (unpaired) electrons. The first kappa shape index (κ1) is 23.3. The maximum Gasteiger partial charge on any atom is 0.306 e. The summed E-state index contributed by atoms with van der Waals surface area (Å²) in [6.45, 7) is 3.79. The molecule has 0 aliphatic carbocycles. The molecule has 2 nitrogen and oxygen atoms in total. The molecule has 0 saturated carbocycles. The molecule has 152 valence electrons. The fraction of sp³-hybridized carbons (Fsp3) is 0.240. The first-order valence-corrected chi connectivity index (χ1v) is 11.8. The topological polar surface area (TPSA) is 26.3 Å². The summed E-state index contributed by atoms with van der Waals surface area (Å²) in [6, 6.07) is 32.3. The summed E-state index contributed by atoms with van der Waals surface area (Å²) in [6.07, 6.45) is 2.13. The van der Waals surface area contributed by atoms with E-state index in [0.29, 0.717) is 6.42 Å². The Hall–Kier alpha value is -1.96. The molecule has 0 aliphatic heterocycles. The molecule has 0 unspecified atom stereocenters. The molecule has 0 aliphatic rings. The second kappa shape index (κ2) is 11.3. The maximum atomic E-state index is 12.1. The number of hydrogen-bond donors (Lipinski definition) is 0. The van der Waals surface area contributed by atoms with Crippen molar-refractivity contribution < 1.29 is 26.5 Å². The van der Waals surface area contributed by atoms with E-state index in [9.17, 15) is 4.79 Å². The van der Waals surface area contributed by atoms with Gasteiger partial charge in [-0.3, -0.25) is 4.79 Å². The molecule has 0 spiro atoms. The zero-order valence-corrected chi connectivity index (χ0v) is 19.5. The van der Waals surface area contributed by atoms with Gasteiger partial charge in [-0.2, -0.15) is 0 Å². The van der Waals surface area contributed by atoms with E-state index in [4.69, 9.17) is 4.74 Å². The third-order valence-corrected chi connectivity index (χ3v) is 9.36. The lowest BCUT2D eigenvalue weighted by molar-refractivity contribution is -0.147. The molecule has 3 aromatic carbocycles. The Morgan fingerprint density at radius 1 is 0.759 bits per heavy atom. The molecule has 0 heterocycles. The van der Waals surface area contributed by atoms with Crippen LogP contribution in [0.5, 0.6) is 0 Å². The van der Waals surface area contributed by atoms with Crippen LogP contribution in [0.15, 0.2) is 91.0 Å². The van der Waals surface area contributed by atoms with Crippen LogP contribution < -0.4 is 32.9 Å². The monoisotopic (exact) mass is 470 g/mol. The van der Waals surface area contributed by atoms with E-state index in [1.165, 1.54) is 15.9 Å². The van der Waals surface area contributed by atoms with Crippen LogP contribution in [-0.4, -0.2) is 18.2 Å². The number of hydrogen-bond acceptors (Lipinski definition) is 2. The Kier molecular flexibility index (Phi) is 9.07. The highest BCUT2D eigenvalue weighted by atomic mass is 79.9. The number of carbonyl (C=O) groups excluding carboxylic acids is 1. The van der Waals surface area contributed by atoms with Gasteiger partial charge < -0.3 is 21.7 Å². The van der Waals surface area contributed by atoms with Crippen LogP contribution in [-0.2, 0) is 9.53 Å². The summed E-state index contributed by atoms with van der Waals surface area (Å²) in [5.41, 5.74) is 0. The average molecular weight is 471 g/mol. The zero-order chi connectivity index (χ0) is 19.8.